The van der Waals surface area contributed by atoms with E-state index in [9.17, 15) is 13.6 Å². The van der Waals surface area contributed by atoms with Crippen molar-refractivity contribution >= 4 is 16.6 Å². The Hall–Kier alpha value is -3.09. The highest BCUT2D eigenvalue weighted by atomic mass is 19.2. The van der Waals surface area contributed by atoms with Gasteiger partial charge >= 0.3 is 0 Å². The molecule has 0 aliphatic carbocycles. The van der Waals surface area contributed by atoms with Crippen molar-refractivity contribution in [3.8, 4) is 0 Å². The summed E-state index contributed by atoms with van der Waals surface area (Å²) < 4.78 is 30.2. The molecule has 0 fully saturated rings. The van der Waals surface area contributed by atoms with E-state index in [0.717, 1.165) is 17.7 Å². The Morgan fingerprint density at radius 2 is 1.78 bits per heavy atom. The third kappa shape index (κ3) is 2.09. The summed E-state index contributed by atoms with van der Waals surface area (Å²) in [6.07, 6.45) is 6.06. The lowest BCUT2D eigenvalue weighted by Crippen LogP contribution is -2.23. The lowest BCUT2D eigenvalue weighted by Gasteiger charge is -2.12. The quantitative estimate of drug-likeness (QED) is 0.571. The maximum absolute atomic E-state index is 13.7. The molecule has 1 aromatic carbocycles. The Morgan fingerprint density at radius 3 is 2.52 bits per heavy atom. The number of imidazole rings is 1. The van der Waals surface area contributed by atoms with E-state index in [1.165, 1.54) is 21.5 Å². The van der Waals surface area contributed by atoms with E-state index in [4.69, 9.17) is 0 Å². The number of rotatable bonds is 2. The Bertz CT molecular complexity index is 1090. The van der Waals surface area contributed by atoms with Crippen molar-refractivity contribution < 1.29 is 8.78 Å². The third-order valence-electron chi connectivity index (χ3n) is 3.73. The zero-order valence-electron chi connectivity index (χ0n) is 11.8. The Labute approximate surface area is 128 Å². The van der Waals surface area contributed by atoms with Crippen LogP contribution in [0.15, 0.2) is 54.0 Å². The maximum atomic E-state index is 13.7. The van der Waals surface area contributed by atoms with E-state index >= 15 is 0 Å². The molecule has 0 saturated heterocycles. The largest absolute Gasteiger partial charge is 0.300 e. The molecule has 4 aromatic rings. The minimum Gasteiger partial charge on any atom is -0.300 e. The fraction of sp³-hybridized carbons (Fsp3) is 0.0625. The lowest BCUT2D eigenvalue weighted by molar-refractivity contribution is 0.509. The van der Waals surface area contributed by atoms with Crippen molar-refractivity contribution in [1.29, 1.82) is 0 Å². The summed E-state index contributed by atoms with van der Waals surface area (Å²) in [7, 11) is 0. The number of hydrogen-bond donors (Lipinski definition) is 0. The molecular formula is C16H10F2N4O. The minimum absolute atomic E-state index is 0.204. The lowest BCUT2D eigenvalue weighted by atomic mass is 10.2. The van der Waals surface area contributed by atoms with E-state index in [1.54, 1.807) is 18.5 Å². The Kier molecular flexibility index (Phi) is 2.94. The van der Waals surface area contributed by atoms with Gasteiger partial charge in [-0.3, -0.25) is 14.2 Å². The summed E-state index contributed by atoms with van der Waals surface area (Å²) in [6.45, 7) is 0.204. The summed E-state index contributed by atoms with van der Waals surface area (Å²) in [6, 6.07) is 5.66. The predicted molar refractivity (Wildman–Crippen MR) is 80.2 cm³/mol. The second kappa shape index (κ2) is 4.98. The van der Waals surface area contributed by atoms with E-state index in [2.05, 4.69) is 9.97 Å². The molecule has 0 aliphatic heterocycles. The molecule has 23 heavy (non-hydrogen) atoms. The van der Waals surface area contributed by atoms with Crippen LogP contribution in [0.5, 0.6) is 0 Å². The van der Waals surface area contributed by atoms with Crippen molar-refractivity contribution in [3.05, 3.63) is 76.7 Å². The van der Waals surface area contributed by atoms with Crippen LogP contribution in [0.4, 0.5) is 8.78 Å². The number of halogens is 2. The van der Waals surface area contributed by atoms with Gasteiger partial charge in [0.1, 0.15) is 5.52 Å². The van der Waals surface area contributed by atoms with Crippen molar-refractivity contribution in [3.63, 3.8) is 0 Å². The molecule has 4 rings (SSSR count). The molecule has 0 unspecified atom stereocenters. The summed E-state index contributed by atoms with van der Waals surface area (Å²) in [5.74, 6) is -1.98. The molecule has 0 radical (unpaired) electrons. The highest BCUT2D eigenvalue weighted by Gasteiger charge is 2.14. The molecule has 0 aliphatic rings. The molecular weight excluding hydrogens is 302 g/mol. The Morgan fingerprint density at radius 1 is 1.00 bits per heavy atom. The van der Waals surface area contributed by atoms with Gasteiger partial charge in [0.15, 0.2) is 11.6 Å². The molecule has 0 amide bonds. The van der Waals surface area contributed by atoms with Crippen LogP contribution < -0.4 is 5.56 Å². The zero-order chi connectivity index (χ0) is 16.0. The first-order chi connectivity index (χ1) is 11.1. The van der Waals surface area contributed by atoms with Gasteiger partial charge in [-0.15, -0.1) is 0 Å². The molecule has 114 valence electrons. The SMILES string of the molecule is O=c1c2cncn2c2cc(F)c(F)cc2n1Cc1cccnc1. The standard InChI is InChI=1S/C16H10F2N4O/c17-11-4-13-14(5-12(11)18)22-9-20-7-15(22)16(23)21(13)8-10-2-1-3-19-6-10/h1-7,9H,8H2. The predicted octanol–water partition coefficient (Wildman–Crippen LogP) is 2.37. The smallest absolute Gasteiger partial charge is 0.277 e. The van der Waals surface area contributed by atoms with Crippen LogP contribution in [0, 0.1) is 11.6 Å². The van der Waals surface area contributed by atoms with Gasteiger partial charge in [-0.1, -0.05) is 6.07 Å². The van der Waals surface area contributed by atoms with Gasteiger partial charge in [-0.25, -0.2) is 13.8 Å². The molecule has 0 N–H and O–H groups in total. The van der Waals surface area contributed by atoms with E-state index in [0.29, 0.717) is 16.6 Å². The number of hydrogen-bond acceptors (Lipinski definition) is 3. The second-order valence-corrected chi connectivity index (χ2v) is 5.16. The summed E-state index contributed by atoms with van der Waals surface area (Å²) >= 11 is 0. The van der Waals surface area contributed by atoms with Crippen LogP contribution in [0.25, 0.3) is 16.6 Å². The van der Waals surface area contributed by atoms with Crippen LogP contribution in [0.1, 0.15) is 5.56 Å². The zero-order valence-corrected chi connectivity index (χ0v) is 11.8. The average Bonchev–Trinajstić information content (AvgIpc) is 3.04. The highest BCUT2D eigenvalue weighted by molar-refractivity contribution is 5.79. The average molecular weight is 312 g/mol. The molecule has 0 atom stereocenters. The molecule has 5 nitrogen and oxygen atoms in total. The van der Waals surface area contributed by atoms with Crippen LogP contribution >= 0.6 is 0 Å². The molecule has 7 heteroatoms. The maximum Gasteiger partial charge on any atom is 0.277 e. The molecule has 0 bridgehead atoms. The van der Waals surface area contributed by atoms with Gasteiger partial charge in [-0.2, -0.15) is 0 Å². The van der Waals surface area contributed by atoms with Crippen molar-refractivity contribution in [2.75, 3.05) is 0 Å². The first-order valence-corrected chi connectivity index (χ1v) is 6.87. The van der Waals surface area contributed by atoms with Crippen molar-refractivity contribution in [2.24, 2.45) is 0 Å². The minimum atomic E-state index is -1.00. The molecule has 0 saturated carbocycles. The van der Waals surface area contributed by atoms with Crippen LogP contribution in [0.2, 0.25) is 0 Å². The van der Waals surface area contributed by atoms with E-state index in [1.807, 2.05) is 6.07 Å². The fourth-order valence-electron chi connectivity index (χ4n) is 2.66. The van der Waals surface area contributed by atoms with Crippen LogP contribution in [0.3, 0.4) is 0 Å². The highest BCUT2D eigenvalue weighted by Crippen LogP contribution is 2.19. The van der Waals surface area contributed by atoms with E-state index in [-0.39, 0.29) is 12.1 Å². The number of pyridine rings is 1. The second-order valence-electron chi connectivity index (χ2n) is 5.16. The van der Waals surface area contributed by atoms with Gasteiger partial charge in [0.05, 0.1) is 30.1 Å². The van der Waals surface area contributed by atoms with Gasteiger partial charge in [0.2, 0.25) is 0 Å². The molecule has 3 heterocycles. The normalized spacial score (nSPS) is 11.4. The number of aromatic nitrogens is 4. The van der Waals surface area contributed by atoms with Crippen molar-refractivity contribution in [2.45, 2.75) is 6.54 Å². The summed E-state index contributed by atoms with van der Waals surface area (Å²) in [4.78, 5) is 20.6. The number of nitrogens with zero attached hydrogens (tertiary/aromatic N) is 4. The molecule has 0 spiro atoms. The van der Waals surface area contributed by atoms with E-state index < -0.39 is 11.6 Å². The fourth-order valence-corrected chi connectivity index (χ4v) is 2.66. The first-order valence-electron chi connectivity index (χ1n) is 6.87. The van der Waals surface area contributed by atoms with Gasteiger partial charge < -0.3 is 4.57 Å². The number of benzene rings is 1. The summed E-state index contributed by atoms with van der Waals surface area (Å²) in [5, 5.41) is 0. The third-order valence-corrected chi connectivity index (χ3v) is 3.73. The Balaban J connectivity index is 2.09. The van der Waals surface area contributed by atoms with Crippen LogP contribution in [-0.2, 0) is 6.54 Å². The van der Waals surface area contributed by atoms with Gasteiger partial charge in [-0.05, 0) is 11.6 Å². The summed E-state index contributed by atoms with van der Waals surface area (Å²) in [5.41, 5.74) is 1.42. The number of fused-ring (bicyclic) bond motifs is 3. The van der Waals surface area contributed by atoms with Gasteiger partial charge in [0, 0.05) is 24.5 Å². The van der Waals surface area contributed by atoms with Crippen molar-refractivity contribution in [1.82, 2.24) is 18.9 Å². The first kappa shape index (κ1) is 13.6. The monoisotopic (exact) mass is 312 g/mol. The topological polar surface area (TPSA) is 52.2 Å². The van der Waals surface area contributed by atoms with Gasteiger partial charge in [0.25, 0.3) is 5.56 Å². The van der Waals surface area contributed by atoms with Crippen LogP contribution in [-0.4, -0.2) is 18.9 Å². The molecule has 3 aromatic heterocycles.